The molecule has 0 spiro atoms. The lowest BCUT2D eigenvalue weighted by Gasteiger charge is -2.26. The highest BCUT2D eigenvalue weighted by molar-refractivity contribution is 6.16. The highest BCUT2D eigenvalue weighted by Crippen LogP contribution is 2.41. The summed E-state index contributed by atoms with van der Waals surface area (Å²) in [5.41, 5.74) is 0.419. The topological polar surface area (TPSA) is 101 Å². The number of aliphatic hydroxyl groups is 1. The van der Waals surface area contributed by atoms with Crippen molar-refractivity contribution in [3.8, 4) is 0 Å². The zero-order valence-corrected chi connectivity index (χ0v) is 13.5. The van der Waals surface area contributed by atoms with Crippen molar-refractivity contribution in [2.45, 2.75) is 13.0 Å². The van der Waals surface area contributed by atoms with Gasteiger partial charge in [0, 0.05) is 17.8 Å². The summed E-state index contributed by atoms with van der Waals surface area (Å²) in [4.78, 5) is 36.0. The first-order valence-corrected chi connectivity index (χ1v) is 7.59. The van der Waals surface area contributed by atoms with Gasteiger partial charge in [-0.05, 0) is 48.9 Å². The summed E-state index contributed by atoms with van der Waals surface area (Å²) in [5.74, 6) is -2.50. The SMILES string of the molecule is CC(=O)C1=C(O)C(=O)N(c2ccc(F)cc2)[C@H]1c1ccc([N+](=O)[O-])cc1. The number of anilines is 1. The first kappa shape index (κ1) is 17.3. The number of rotatable bonds is 4. The van der Waals surface area contributed by atoms with E-state index in [0.29, 0.717) is 5.56 Å². The maximum atomic E-state index is 13.2. The van der Waals surface area contributed by atoms with Gasteiger partial charge < -0.3 is 5.11 Å². The van der Waals surface area contributed by atoms with E-state index in [1.54, 1.807) is 0 Å². The van der Waals surface area contributed by atoms with Crippen LogP contribution in [-0.4, -0.2) is 21.7 Å². The Hall–Kier alpha value is -3.55. The van der Waals surface area contributed by atoms with Gasteiger partial charge in [0.1, 0.15) is 5.82 Å². The largest absolute Gasteiger partial charge is 0.503 e. The lowest BCUT2D eigenvalue weighted by Crippen LogP contribution is -2.30. The quantitative estimate of drug-likeness (QED) is 0.669. The molecule has 1 aliphatic rings. The van der Waals surface area contributed by atoms with Gasteiger partial charge in [-0.1, -0.05) is 0 Å². The van der Waals surface area contributed by atoms with Crippen LogP contribution in [0.25, 0.3) is 0 Å². The number of ketones is 1. The maximum Gasteiger partial charge on any atom is 0.294 e. The molecule has 0 aromatic heterocycles. The Bertz CT molecular complexity index is 935. The zero-order chi connectivity index (χ0) is 19.0. The average Bonchev–Trinajstić information content (AvgIpc) is 2.87. The molecule has 0 unspecified atom stereocenters. The number of halogens is 1. The van der Waals surface area contributed by atoms with E-state index in [4.69, 9.17) is 0 Å². The number of carbonyl (C=O) groups excluding carboxylic acids is 2. The van der Waals surface area contributed by atoms with Crippen LogP contribution in [0.2, 0.25) is 0 Å². The van der Waals surface area contributed by atoms with Crippen LogP contribution in [0.15, 0.2) is 59.9 Å². The van der Waals surface area contributed by atoms with E-state index in [1.807, 2.05) is 0 Å². The highest BCUT2D eigenvalue weighted by atomic mass is 19.1. The summed E-state index contributed by atoms with van der Waals surface area (Å²) in [6, 6.07) is 9.35. The smallest absolute Gasteiger partial charge is 0.294 e. The fourth-order valence-electron chi connectivity index (χ4n) is 2.93. The Kier molecular flexibility index (Phi) is 4.25. The van der Waals surface area contributed by atoms with Crippen LogP contribution in [-0.2, 0) is 9.59 Å². The third-order valence-electron chi connectivity index (χ3n) is 4.11. The van der Waals surface area contributed by atoms with E-state index < -0.39 is 34.2 Å². The predicted molar refractivity (Wildman–Crippen MR) is 90.1 cm³/mol. The summed E-state index contributed by atoms with van der Waals surface area (Å²) < 4.78 is 13.2. The van der Waals surface area contributed by atoms with Crippen molar-refractivity contribution < 1.29 is 24.0 Å². The van der Waals surface area contributed by atoms with Gasteiger partial charge in [0.05, 0.1) is 16.5 Å². The Morgan fingerprint density at radius 3 is 2.23 bits per heavy atom. The number of nitro groups is 1. The number of carbonyl (C=O) groups is 2. The van der Waals surface area contributed by atoms with Crippen molar-refractivity contribution in [3.63, 3.8) is 0 Å². The van der Waals surface area contributed by atoms with Crippen LogP contribution in [0.5, 0.6) is 0 Å². The molecule has 1 aliphatic heterocycles. The van der Waals surface area contributed by atoms with Gasteiger partial charge >= 0.3 is 0 Å². The zero-order valence-electron chi connectivity index (χ0n) is 13.5. The van der Waals surface area contributed by atoms with Gasteiger partial charge in [-0.25, -0.2) is 4.39 Å². The Labute approximate surface area is 147 Å². The molecule has 2 aromatic carbocycles. The second-order valence-corrected chi connectivity index (χ2v) is 5.72. The molecule has 0 fully saturated rings. The molecule has 0 saturated carbocycles. The van der Waals surface area contributed by atoms with Gasteiger partial charge in [0.2, 0.25) is 0 Å². The number of aliphatic hydroxyl groups excluding tert-OH is 1. The number of benzene rings is 2. The van der Waals surface area contributed by atoms with Crippen LogP contribution >= 0.6 is 0 Å². The van der Waals surface area contributed by atoms with Gasteiger partial charge in [0.25, 0.3) is 11.6 Å². The molecular weight excluding hydrogens is 343 g/mol. The van der Waals surface area contributed by atoms with Crippen LogP contribution in [0.1, 0.15) is 18.5 Å². The molecule has 132 valence electrons. The first-order chi connectivity index (χ1) is 12.3. The van der Waals surface area contributed by atoms with Crippen molar-refractivity contribution in [3.05, 3.63) is 81.4 Å². The molecule has 8 heteroatoms. The summed E-state index contributed by atoms with van der Waals surface area (Å²) >= 11 is 0. The molecular formula is C18H13FN2O5. The van der Waals surface area contributed by atoms with Crippen molar-refractivity contribution in [1.29, 1.82) is 0 Å². The van der Waals surface area contributed by atoms with E-state index in [2.05, 4.69) is 0 Å². The molecule has 1 atom stereocenters. The Morgan fingerprint density at radius 1 is 1.15 bits per heavy atom. The molecule has 0 saturated heterocycles. The summed E-state index contributed by atoms with van der Waals surface area (Å²) in [6.07, 6.45) is 0. The fourth-order valence-corrected chi connectivity index (χ4v) is 2.93. The minimum Gasteiger partial charge on any atom is -0.503 e. The van der Waals surface area contributed by atoms with Gasteiger partial charge in [-0.15, -0.1) is 0 Å². The fraction of sp³-hybridized carbons (Fsp3) is 0.111. The van der Waals surface area contributed by atoms with Crippen molar-refractivity contribution in [2.75, 3.05) is 4.90 Å². The van der Waals surface area contributed by atoms with E-state index >= 15 is 0 Å². The molecule has 26 heavy (non-hydrogen) atoms. The molecule has 1 amide bonds. The minimum atomic E-state index is -0.966. The number of hydrogen-bond acceptors (Lipinski definition) is 5. The number of non-ortho nitro benzene ring substituents is 1. The number of amides is 1. The predicted octanol–water partition coefficient (Wildman–Crippen LogP) is 3.22. The highest BCUT2D eigenvalue weighted by Gasteiger charge is 2.43. The molecule has 3 rings (SSSR count). The molecule has 1 N–H and O–H groups in total. The summed E-state index contributed by atoms with van der Waals surface area (Å²) in [6.45, 7) is 1.21. The Morgan fingerprint density at radius 2 is 1.73 bits per heavy atom. The summed E-state index contributed by atoms with van der Waals surface area (Å²) in [7, 11) is 0. The van der Waals surface area contributed by atoms with Crippen LogP contribution in [0.3, 0.4) is 0 Å². The molecule has 0 radical (unpaired) electrons. The van der Waals surface area contributed by atoms with Gasteiger partial charge in [-0.2, -0.15) is 0 Å². The summed E-state index contributed by atoms with van der Waals surface area (Å²) in [5, 5.41) is 21.0. The maximum absolute atomic E-state index is 13.2. The molecule has 1 heterocycles. The lowest BCUT2D eigenvalue weighted by molar-refractivity contribution is -0.384. The Balaban J connectivity index is 2.14. The third kappa shape index (κ3) is 2.81. The number of nitrogens with zero attached hydrogens (tertiary/aromatic N) is 2. The van der Waals surface area contributed by atoms with Crippen LogP contribution in [0, 0.1) is 15.9 Å². The van der Waals surface area contributed by atoms with E-state index in [1.165, 1.54) is 43.3 Å². The van der Waals surface area contributed by atoms with E-state index in [-0.39, 0.29) is 16.9 Å². The second kappa shape index (κ2) is 6.40. The third-order valence-corrected chi connectivity index (χ3v) is 4.11. The first-order valence-electron chi connectivity index (χ1n) is 7.59. The minimum absolute atomic E-state index is 0.117. The van der Waals surface area contributed by atoms with E-state index in [9.17, 15) is 29.2 Å². The van der Waals surface area contributed by atoms with E-state index in [0.717, 1.165) is 17.0 Å². The van der Waals surface area contributed by atoms with Crippen LogP contribution < -0.4 is 4.90 Å². The van der Waals surface area contributed by atoms with Gasteiger partial charge in [0.15, 0.2) is 11.5 Å². The number of hydrogen-bond donors (Lipinski definition) is 1. The normalized spacial score (nSPS) is 16.9. The number of nitro benzene ring substituents is 1. The second-order valence-electron chi connectivity index (χ2n) is 5.72. The molecule has 7 nitrogen and oxygen atoms in total. The van der Waals surface area contributed by atoms with Crippen LogP contribution in [0.4, 0.5) is 15.8 Å². The van der Waals surface area contributed by atoms with Crippen molar-refractivity contribution >= 4 is 23.1 Å². The lowest BCUT2D eigenvalue weighted by atomic mass is 9.96. The van der Waals surface area contributed by atoms with Gasteiger partial charge in [-0.3, -0.25) is 24.6 Å². The standard InChI is InChI=1S/C18H13FN2O5/c1-10(22)15-16(11-2-6-14(7-3-11)21(25)26)20(18(24)17(15)23)13-8-4-12(19)5-9-13/h2-9,16,23H,1H3/t16-/m0/s1. The van der Waals surface area contributed by atoms with Crippen molar-refractivity contribution in [2.24, 2.45) is 0 Å². The van der Waals surface area contributed by atoms with Crippen molar-refractivity contribution in [1.82, 2.24) is 0 Å². The monoisotopic (exact) mass is 356 g/mol. The average molecular weight is 356 g/mol. The molecule has 2 aromatic rings. The molecule has 0 aliphatic carbocycles. The molecule has 0 bridgehead atoms. The number of Topliss-reactive ketones (excluding diaryl/α,β-unsaturated/α-hetero) is 1.